The lowest BCUT2D eigenvalue weighted by Crippen LogP contribution is -2.10. The molecule has 1 N–H and O–H groups in total. The third-order valence-electron chi connectivity index (χ3n) is 1.46. The van der Waals surface area contributed by atoms with E-state index in [9.17, 15) is 4.79 Å². The van der Waals surface area contributed by atoms with Crippen LogP contribution in [0.4, 0.5) is 4.79 Å². The Labute approximate surface area is 81.0 Å². The number of hydrogen-bond acceptors (Lipinski definition) is 3. The van der Waals surface area contributed by atoms with Gasteiger partial charge in [-0.15, -0.1) is 10.2 Å². The minimum absolute atomic E-state index is 0.583. The van der Waals surface area contributed by atoms with Crippen LogP contribution in [0.1, 0.15) is 13.8 Å². The van der Waals surface area contributed by atoms with Gasteiger partial charge in [-0.3, -0.25) is 0 Å². The Bertz CT molecular complexity index is 403. The molecule has 0 saturated carbocycles. The average molecular weight is 193 g/mol. The summed E-state index contributed by atoms with van der Waals surface area (Å²) >= 11 is 0. The second-order valence-electron chi connectivity index (χ2n) is 2.26. The van der Waals surface area contributed by atoms with Crippen molar-refractivity contribution >= 4 is 17.1 Å². The van der Waals surface area contributed by atoms with E-state index in [0.717, 1.165) is 0 Å². The van der Waals surface area contributed by atoms with Crippen molar-refractivity contribution in [1.82, 2.24) is 15.0 Å². The van der Waals surface area contributed by atoms with E-state index in [1.54, 1.807) is 24.3 Å². The van der Waals surface area contributed by atoms with Gasteiger partial charge in [0.05, 0.1) is 0 Å². The van der Waals surface area contributed by atoms with Crippen LogP contribution in [0.2, 0.25) is 0 Å². The largest absolute Gasteiger partial charge is 0.462 e. The molecule has 0 aliphatic carbocycles. The third-order valence-corrected chi connectivity index (χ3v) is 1.46. The topological polar surface area (TPSA) is 68.0 Å². The molecule has 0 atom stereocenters. The summed E-state index contributed by atoms with van der Waals surface area (Å²) < 4.78 is 0. The lowest BCUT2D eigenvalue weighted by molar-refractivity contribution is 0.188. The van der Waals surface area contributed by atoms with Crippen LogP contribution in [-0.4, -0.2) is 26.2 Å². The summed E-state index contributed by atoms with van der Waals surface area (Å²) in [5.74, 6) is 0. The quantitative estimate of drug-likeness (QED) is 0.694. The fourth-order valence-electron chi connectivity index (χ4n) is 0.945. The van der Waals surface area contributed by atoms with Crippen LogP contribution in [0.3, 0.4) is 0 Å². The van der Waals surface area contributed by atoms with E-state index in [2.05, 4.69) is 10.2 Å². The van der Waals surface area contributed by atoms with Crippen molar-refractivity contribution in [3.05, 3.63) is 24.3 Å². The van der Waals surface area contributed by atoms with Crippen LogP contribution in [-0.2, 0) is 0 Å². The van der Waals surface area contributed by atoms with Crippen molar-refractivity contribution in [3.63, 3.8) is 0 Å². The molecular formula is C9H11N3O2. The van der Waals surface area contributed by atoms with E-state index in [1.165, 1.54) is 0 Å². The predicted molar refractivity (Wildman–Crippen MR) is 52.3 cm³/mol. The van der Waals surface area contributed by atoms with Crippen LogP contribution < -0.4 is 0 Å². The lowest BCUT2D eigenvalue weighted by atomic mass is 10.3. The fraction of sp³-hybridized carbons (Fsp3) is 0.222. The van der Waals surface area contributed by atoms with E-state index < -0.39 is 6.09 Å². The van der Waals surface area contributed by atoms with Crippen molar-refractivity contribution in [3.8, 4) is 0 Å². The monoisotopic (exact) mass is 193 g/mol. The minimum atomic E-state index is -1.17. The highest BCUT2D eigenvalue weighted by atomic mass is 16.4. The predicted octanol–water partition coefficient (Wildman–Crippen LogP) is 1.98. The van der Waals surface area contributed by atoms with Gasteiger partial charge in [-0.25, -0.2) is 4.79 Å². The zero-order valence-corrected chi connectivity index (χ0v) is 8.01. The second kappa shape index (κ2) is 4.36. The standard InChI is InChI=1S/C7H5N3O2.C2H6/c11-7(12)10-8-5-3-1-2-4-6(5)9-10;1-2/h1-4H,(H,11,12);1-2H3. The molecule has 0 radical (unpaired) electrons. The molecule has 1 heterocycles. The Hall–Kier alpha value is -1.91. The first-order valence-electron chi connectivity index (χ1n) is 4.33. The van der Waals surface area contributed by atoms with Gasteiger partial charge in [-0.1, -0.05) is 30.8 Å². The Morgan fingerprint density at radius 3 is 2.00 bits per heavy atom. The zero-order chi connectivity index (χ0) is 10.6. The molecule has 74 valence electrons. The number of nitrogens with zero attached hydrogens (tertiary/aromatic N) is 3. The normalized spacial score (nSPS) is 9.29. The molecule has 5 nitrogen and oxygen atoms in total. The van der Waals surface area contributed by atoms with E-state index in [0.29, 0.717) is 15.8 Å². The first-order valence-corrected chi connectivity index (χ1v) is 4.33. The highest BCUT2D eigenvalue weighted by molar-refractivity contribution is 5.76. The first kappa shape index (κ1) is 10.2. The average Bonchev–Trinajstić information content (AvgIpc) is 2.64. The van der Waals surface area contributed by atoms with Gasteiger partial charge in [-0.2, -0.15) is 0 Å². The molecule has 5 heteroatoms. The van der Waals surface area contributed by atoms with Gasteiger partial charge >= 0.3 is 6.09 Å². The molecule has 0 saturated heterocycles. The molecule has 0 aliphatic heterocycles. The summed E-state index contributed by atoms with van der Waals surface area (Å²) in [4.78, 5) is 11.1. The van der Waals surface area contributed by atoms with Gasteiger partial charge in [0, 0.05) is 0 Å². The van der Waals surface area contributed by atoms with Gasteiger partial charge in [0.1, 0.15) is 11.0 Å². The van der Waals surface area contributed by atoms with Crippen LogP contribution in [0.25, 0.3) is 11.0 Å². The van der Waals surface area contributed by atoms with E-state index in [4.69, 9.17) is 5.11 Å². The van der Waals surface area contributed by atoms with E-state index >= 15 is 0 Å². The maximum absolute atomic E-state index is 10.4. The smallest absolute Gasteiger partial charge is 0.449 e. The van der Waals surface area contributed by atoms with Crippen molar-refractivity contribution in [2.75, 3.05) is 0 Å². The Morgan fingerprint density at radius 1 is 1.21 bits per heavy atom. The molecular weight excluding hydrogens is 182 g/mol. The van der Waals surface area contributed by atoms with Gasteiger partial charge in [0.15, 0.2) is 0 Å². The summed E-state index contributed by atoms with van der Waals surface area (Å²) in [7, 11) is 0. The zero-order valence-electron chi connectivity index (χ0n) is 8.01. The number of benzene rings is 1. The van der Waals surface area contributed by atoms with Crippen LogP contribution in [0, 0.1) is 0 Å². The number of hydrogen-bond donors (Lipinski definition) is 1. The molecule has 1 aromatic heterocycles. The van der Waals surface area contributed by atoms with Crippen LogP contribution in [0.5, 0.6) is 0 Å². The number of carbonyl (C=O) groups is 1. The van der Waals surface area contributed by atoms with E-state index in [-0.39, 0.29) is 0 Å². The minimum Gasteiger partial charge on any atom is -0.462 e. The van der Waals surface area contributed by atoms with E-state index in [1.807, 2.05) is 13.8 Å². The van der Waals surface area contributed by atoms with Gasteiger partial charge in [0.25, 0.3) is 0 Å². The first-order chi connectivity index (χ1) is 6.77. The van der Waals surface area contributed by atoms with Crippen molar-refractivity contribution in [1.29, 1.82) is 0 Å². The molecule has 14 heavy (non-hydrogen) atoms. The summed E-state index contributed by atoms with van der Waals surface area (Å²) in [5.41, 5.74) is 1.17. The summed E-state index contributed by atoms with van der Waals surface area (Å²) in [5, 5.41) is 16.0. The summed E-state index contributed by atoms with van der Waals surface area (Å²) in [6, 6.07) is 6.98. The second-order valence-corrected chi connectivity index (χ2v) is 2.26. The lowest BCUT2D eigenvalue weighted by Gasteiger charge is -1.83. The molecule has 1 aromatic carbocycles. The number of aromatic nitrogens is 3. The van der Waals surface area contributed by atoms with Crippen molar-refractivity contribution in [2.45, 2.75) is 13.8 Å². The molecule has 0 spiro atoms. The number of carboxylic acid groups (broad SMARTS) is 1. The summed E-state index contributed by atoms with van der Waals surface area (Å²) in [6.45, 7) is 4.00. The fourth-order valence-corrected chi connectivity index (χ4v) is 0.945. The Balaban J connectivity index is 0.000000461. The molecule has 2 aromatic rings. The number of fused-ring (bicyclic) bond motifs is 1. The van der Waals surface area contributed by atoms with Crippen LogP contribution in [0.15, 0.2) is 24.3 Å². The van der Waals surface area contributed by atoms with Gasteiger partial charge in [-0.05, 0) is 12.1 Å². The van der Waals surface area contributed by atoms with Crippen molar-refractivity contribution in [2.24, 2.45) is 0 Å². The third kappa shape index (κ3) is 1.87. The van der Waals surface area contributed by atoms with Crippen LogP contribution >= 0.6 is 0 Å². The van der Waals surface area contributed by atoms with Gasteiger partial charge in [0.2, 0.25) is 0 Å². The maximum atomic E-state index is 10.4. The maximum Gasteiger partial charge on any atom is 0.449 e. The number of rotatable bonds is 0. The molecule has 0 bridgehead atoms. The van der Waals surface area contributed by atoms with Gasteiger partial charge < -0.3 is 5.11 Å². The molecule has 0 fully saturated rings. The van der Waals surface area contributed by atoms with Crippen molar-refractivity contribution < 1.29 is 9.90 Å². The molecule has 2 rings (SSSR count). The SMILES string of the molecule is CC.O=C(O)n1nc2ccccc2n1. The molecule has 0 unspecified atom stereocenters. The molecule has 0 amide bonds. The molecule has 0 aliphatic rings. The highest BCUT2D eigenvalue weighted by Gasteiger charge is 2.05. The highest BCUT2D eigenvalue weighted by Crippen LogP contribution is 2.06. The summed E-state index contributed by atoms with van der Waals surface area (Å²) in [6.07, 6.45) is -1.17. The Kier molecular flexibility index (Phi) is 3.17. The Morgan fingerprint density at radius 2 is 1.64 bits per heavy atom.